The fraction of sp³-hybridized carbons (Fsp3) is 0.286. The van der Waals surface area contributed by atoms with Crippen LogP contribution in [-0.2, 0) is 6.61 Å². The Morgan fingerprint density at radius 1 is 1.08 bits per heavy atom. The van der Waals surface area contributed by atoms with Crippen molar-refractivity contribution in [1.82, 2.24) is 5.32 Å². The molecule has 25 heavy (non-hydrogen) atoms. The Bertz CT molecular complexity index is 753. The molecule has 0 fully saturated rings. The van der Waals surface area contributed by atoms with Gasteiger partial charge in [0.1, 0.15) is 12.4 Å². The van der Waals surface area contributed by atoms with E-state index in [1.807, 2.05) is 36.4 Å². The highest BCUT2D eigenvalue weighted by Gasteiger charge is 2.08. The molecule has 4 heteroatoms. The second-order valence-corrected chi connectivity index (χ2v) is 6.60. The Morgan fingerprint density at radius 3 is 2.60 bits per heavy atom. The second kappa shape index (κ2) is 8.72. The van der Waals surface area contributed by atoms with Gasteiger partial charge in [-0.25, -0.2) is 0 Å². The first-order chi connectivity index (χ1) is 12.2. The third-order valence-corrected chi connectivity index (χ3v) is 4.70. The van der Waals surface area contributed by atoms with E-state index >= 15 is 0 Å². The van der Waals surface area contributed by atoms with Crippen molar-refractivity contribution in [3.8, 4) is 5.75 Å². The predicted octanol–water partition coefficient (Wildman–Crippen LogP) is 5.15. The lowest BCUT2D eigenvalue weighted by Crippen LogP contribution is -2.26. The fourth-order valence-electron chi connectivity index (χ4n) is 2.84. The maximum atomic E-state index is 12.2. The molecule has 0 radical (unpaired) electrons. The van der Waals surface area contributed by atoms with E-state index in [4.69, 9.17) is 16.3 Å². The molecule has 0 saturated carbocycles. The molecule has 2 aromatic carbocycles. The Labute approximate surface area is 153 Å². The largest absolute Gasteiger partial charge is 0.489 e. The Balaban J connectivity index is 1.52. The first kappa shape index (κ1) is 17.6. The van der Waals surface area contributed by atoms with Crippen LogP contribution in [0.5, 0.6) is 5.75 Å². The number of halogens is 1. The monoisotopic (exact) mass is 355 g/mol. The van der Waals surface area contributed by atoms with Crippen LogP contribution in [0.1, 0.15) is 41.6 Å². The number of ether oxygens (including phenoxy) is 1. The lowest BCUT2D eigenvalue weighted by Gasteiger charge is -2.13. The average molecular weight is 356 g/mol. The first-order valence-corrected chi connectivity index (χ1v) is 9.02. The van der Waals surface area contributed by atoms with Crippen LogP contribution in [0.4, 0.5) is 0 Å². The Hall–Kier alpha value is -2.26. The number of allylic oxidation sites excluding steroid dienone is 1. The molecule has 130 valence electrons. The molecule has 0 atom stereocenters. The standard InChI is InChI=1S/C21H22ClNO2/c22-20-9-5-4-8-18(20)15-25-19-12-10-17(11-13-19)21(24)23-14-16-6-2-1-3-7-16/h4-6,8-13H,1-3,7,14-15H2,(H,23,24). The molecule has 1 aliphatic carbocycles. The molecule has 0 aliphatic heterocycles. The van der Waals surface area contributed by atoms with Gasteiger partial charge in [-0.3, -0.25) is 4.79 Å². The average Bonchev–Trinajstić information content (AvgIpc) is 2.67. The van der Waals surface area contributed by atoms with Gasteiger partial charge in [0.15, 0.2) is 0 Å². The van der Waals surface area contributed by atoms with Crippen LogP contribution in [0.3, 0.4) is 0 Å². The lowest BCUT2D eigenvalue weighted by molar-refractivity contribution is 0.0956. The number of nitrogens with one attached hydrogen (secondary N) is 1. The van der Waals surface area contributed by atoms with Crippen molar-refractivity contribution in [2.45, 2.75) is 32.3 Å². The van der Waals surface area contributed by atoms with Gasteiger partial charge in [-0.15, -0.1) is 0 Å². The molecule has 1 amide bonds. The van der Waals surface area contributed by atoms with Gasteiger partial charge in [0.05, 0.1) is 0 Å². The summed E-state index contributed by atoms with van der Waals surface area (Å²) in [7, 11) is 0. The van der Waals surface area contributed by atoms with Gasteiger partial charge in [-0.05, 0) is 56.0 Å². The normalized spacial score (nSPS) is 13.9. The van der Waals surface area contributed by atoms with E-state index in [1.54, 1.807) is 12.1 Å². The van der Waals surface area contributed by atoms with Crippen LogP contribution in [0.15, 0.2) is 60.2 Å². The van der Waals surface area contributed by atoms with Crippen molar-refractivity contribution in [2.24, 2.45) is 0 Å². The molecule has 0 heterocycles. The van der Waals surface area contributed by atoms with Crippen LogP contribution in [0, 0.1) is 0 Å². The summed E-state index contributed by atoms with van der Waals surface area (Å²) >= 11 is 6.12. The van der Waals surface area contributed by atoms with Gasteiger partial charge in [0.2, 0.25) is 0 Å². The summed E-state index contributed by atoms with van der Waals surface area (Å²) in [6.45, 7) is 1.04. The molecule has 3 nitrogen and oxygen atoms in total. The van der Waals surface area contributed by atoms with Crippen LogP contribution in [-0.4, -0.2) is 12.5 Å². The minimum absolute atomic E-state index is 0.0517. The van der Waals surface area contributed by atoms with E-state index < -0.39 is 0 Å². The van der Waals surface area contributed by atoms with Gasteiger partial charge in [0.25, 0.3) is 5.91 Å². The summed E-state index contributed by atoms with van der Waals surface area (Å²) in [4.78, 5) is 12.2. The van der Waals surface area contributed by atoms with Crippen LogP contribution < -0.4 is 10.1 Å². The summed E-state index contributed by atoms with van der Waals surface area (Å²) in [6.07, 6.45) is 6.94. The number of carbonyl (C=O) groups excluding carboxylic acids is 1. The smallest absolute Gasteiger partial charge is 0.251 e. The van der Waals surface area contributed by atoms with E-state index in [9.17, 15) is 4.79 Å². The van der Waals surface area contributed by atoms with Crippen LogP contribution in [0.25, 0.3) is 0 Å². The van der Waals surface area contributed by atoms with Gasteiger partial charge < -0.3 is 10.1 Å². The summed E-state index contributed by atoms with van der Waals surface area (Å²) in [5, 5.41) is 3.68. The van der Waals surface area contributed by atoms with E-state index in [2.05, 4.69) is 11.4 Å². The highest BCUT2D eigenvalue weighted by Crippen LogP contribution is 2.19. The van der Waals surface area contributed by atoms with Crippen molar-refractivity contribution in [2.75, 3.05) is 6.54 Å². The number of benzene rings is 2. The van der Waals surface area contributed by atoms with Crippen LogP contribution >= 0.6 is 11.6 Å². The third-order valence-electron chi connectivity index (χ3n) is 4.33. The molecule has 1 aliphatic rings. The molecule has 0 aromatic heterocycles. The molecule has 0 saturated heterocycles. The summed E-state index contributed by atoms with van der Waals surface area (Å²) < 4.78 is 5.74. The zero-order valence-corrected chi connectivity index (χ0v) is 14.9. The molecule has 0 bridgehead atoms. The lowest BCUT2D eigenvalue weighted by atomic mass is 9.99. The zero-order valence-electron chi connectivity index (χ0n) is 14.1. The summed E-state index contributed by atoms with van der Waals surface area (Å²) in [5.74, 6) is 0.663. The van der Waals surface area contributed by atoms with Gasteiger partial charge in [0, 0.05) is 22.7 Å². The molecule has 0 spiro atoms. The van der Waals surface area contributed by atoms with Crippen molar-refractivity contribution in [3.05, 3.63) is 76.3 Å². The minimum atomic E-state index is -0.0517. The molecule has 1 N–H and O–H groups in total. The van der Waals surface area contributed by atoms with Crippen molar-refractivity contribution in [3.63, 3.8) is 0 Å². The minimum Gasteiger partial charge on any atom is -0.489 e. The maximum absolute atomic E-state index is 12.2. The fourth-order valence-corrected chi connectivity index (χ4v) is 3.03. The van der Waals surface area contributed by atoms with Crippen molar-refractivity contribution >= 4 is 17.5 Å². The number of hydrogen-bond donors (Lipinski definition) is 1. The Kier molecular flexibility index (Phi) is 6.13. The SMILES string of the molecule is O=C(NCC1=CCCCC1)c1ccc(OCc2ccccc2Cl)cc1. The topological polar surface area (TPSA) is 38.3 Å². The molecule has 2 aromatic rings. The van der Waals surface area contributed by atoms with E-state index in [1.165, 1.54) is 18.4 Å². The highest BCUT2D eigenvalue weighted by atomic mass is 35.5. The highest BCUT2D eigenvalue weighted by molar-refractivity contribution is 6.31. The maximum Gasteiger partial charge on any atom is 0.251 e. The molecular formula is C21H22ClNO2. The number of carbonyl (C=O) groups is 1. The van der Waals surface area contributed by atoms with E-state index in [-0.39, 0.29) is 5.91 Å². The molecule has 0 unspecified atom stereocenters. The molecule has 3 rings (SSSR count). The van der Waals surface area contributed by atoms with Gasteiger partial charge in [-0.2, -0.15) is 0 Å². The van der Waals surface area contributed by atoms with E-state index in [0.717, 1.165) is 18.4 Å². The van der Waals surface area contributed by atoms with E-state index in [0.29, 0.717) is 29.5 Å². The predicted molar refractivity (Wildman–Crippen MR) is 101 cm³/mol. The van der Waals surface area contributed by atoms with Gasteiger partial charge in [-0.1, -0.05) is 41.4 Å². The quantitative estimate of drug-likeness (QED) is 0.728. The zero-order chi connectivity index (χ0) is 17.5. The van der Waals surface area contributed by atoms with Gasteiger partial charge >= 0.3 is 0 Å². The molecular weight excluding hydrogens is 334 g/mol. The summed E-state index contributed by atoms with van der Waals surface area (Å²) in [5.41, 5.74) is 2.91. The summed E-state index contributed by atoms with van der Waals surface area (Å²) in [6, 6.07) is 14.8. The first-order valence-electron chi connectivity index (χ1n) is 8.65. The van der Waals surface area contributed by atoms with Crippen LogP contribution in [0.2, 0.25) is 5.02 Å². The Morgan fingerprint density at radius 2 is 1.88 bits per heavy atom. The second-order valence-electron chi connectivity index (χ2n) is 6.20. The number of hydrogen-bond acceptors (Lipinski definition) is 2. The number of rotatable bonds is 6. The third kappa shape index (κ3) is 5.10. The van der Waals surface area contributed by atoms with Crippen molar-refractivity contribution < 1.29 is 9.53 Å². The number of amides is 1. The van der Waals surface area contributed by atoms with Crippen molar-refractivity contribution in [1.29, 1.82) is 0 Å².